The fraction of sp³-hybridized carbons (Fsp3) is 0.0556. The molecule has 1 amide bonds. The summed E-state index contributed by atoms with van der Waals surface area (Å²) in [5.41, 5.74) is 3.44. The van der Waals surface area contributed by atoms with Crippen molar-refractivity contribution in [1.29, 1.82) is 0 Å². The lowest BCUT2D eigenvalue weighted by molar-refractivity contribution is -0.384. The highest BCUT2D eigenvalue weighted by molar-refractivity contribution is 7.07. The molecule has 8 nitrogen and oxygen atoms in total. The van der Waals surface area contributed by atoms with E-state index in [9.17, 15) is 14.9 Å². The van der Waals surface area contributed by atoms with E-state index in [2.05, 4.69) is 15.5 Å². The molecule has 1 aromatic heterocycles. The Kier molecular flexibility index (Phi) is 4.13. The Hall–Kier alpha value is -3.59. The number of nitro benzene ring substituents is 1. The number of benzene rings is 2. The van der Waals surface area contributed by atoms with Crippen molar-refractivity contribution < 1.29 is 9.72 Å². The highest BCUT2D eigenvalue weighted by Gasteiger charge is 2.25. The van der Waals surface area contributed by atoms with Crippen LogP contribution in [0.5, 0.6) is 0 Å². The summed E-state index contributed by atoms with van der Waals surface area (Å²) in [5, 5.41) is 23.8. The molecule has 0 radical (unpaired) electrons. The molecule has 4 rings (SSSR count). The molecule has 1 aliphatic rings. The molecule has 3 aromatic rings. The summed E-state index contributed by atoms with van der Waals surface area (Å²) in [6.45, 7) is 0. The highest BCUT2D eigenvalue weighted by Crippen LogP contribution is 2.24. The number of carbonyl (C=O) groups is 1. The van der Waals surface area contributed by atoms with Crippen LogP contribution in [-0.2, 0) is 11.8 Å². The maximum Gasteiger partial charge on any atom is 0.276 e. The Morgan fingerprint density at radius 1 is 1.11 bits per heavy atom. The number of amides is 1. The predicted molar refractivity (Wildman–Crippen MR) is 103 cm³/mol. The number of nitrogens with one attached hydrogen (secondary N) is 1. The third-order valence-electron chi connectivity index (χ3n) is 4.18. The summed E-state index contributed by atoms with van der Waals surface area (Å²) in [6.07, 6.45) is 0. The minimum atomic E-state index is -0.432. The zero-order valence-corrected chi connectivity index (χ0v) is 14.9. The third-order valence-corrected chi connectivity index (χ3v) is 5.09. The molecule has 9 heteroatoms. The molecule has 0 fully saturated rings. The van der Waals surface area contributed by atoms with Crippen molar-refractivity contribution in [3.05, 3.63) is 74.4 Å². The number of hydrogen-bond acceptors (Lipinski definition) is 6. The molecule has 0 saturated heterocycles. The van der Waals surface area contributed by atoms with Crippen LogP contribution in [0.25, 0.3) is 11.3 Å². The Bertz CT molecular complexity index is 1160. The fourth-order valence-electron chi connectivity index (χ4n) is 2.77. The quantitative estimate of drug-likeness (QED) is 0.559. The second kappa shape index (κ2) is 6.61. The molecule has 27 heavy (non-hydrogen) atoms. The molecule has 0 bridgehead atoms. The van der Waals surface area contributed by atoms with Crippen LogP contribution in [-0.4, -0.2) is 21.1 Å². The standard InChI is InChI=1S/C18H13N5O3S/c1-22-15(11-6-8-12(9-7-11)23(25)26)10-27-18(22)21-20-16-13-4-2-3-5-14(13)19-17(16)24/h2-10H,1H3,(H,19,20,24)/b21-18-. The summed E-state index contributed by atoms with van der Waals surface area (Å²) in [5.74, 6) is -0.283. The van der Waals surface area contributed by atoms with Gasteiger partial charge in [-0.2, -0.15) is 0 Å². The number of nitrogens with zero attached hydrogens (tertiary/aromatic N) is 4. The van der Waals surface area contributed by atoms with E-state index < -0.39 is 4.92 Å². The molecule has 0 aliphatic carbocycles. The fourth-order valence-corrected chi connectivity index (χ4v) is 3.63. The number of rotatable bonds is 3. The van der Waals surface area contributed by atoms with E-state index in [0.29, 0.717) is 4.80 Å². The summed E-state index contributed by atoms with van der Waals surface area (Å²) in [7, 11) is 1.83. The first kappa shape index (κ1) is 16.9. The second-order valence-electron chi connectivity index (χ2n) is 5.81. The van der Waals surface area contributed by atoms with Crippen molar-refractivity contribution in [2.24, 2.45) is 17.3 Å². The first-order valence-corrected chi connectivity index (χ1v) is 8.84. The van der Waals surface area contributed by atoms with Crippen LogP contribution >= 0.6 is 11.3 Å². The van der Waals surface area contributed by atoms with Gasteiger partial charge in [0.2, 0.25) is 4.80 Å². The molecular weight excluding hydrogens is 366 g/mol. The van der Waals surface area contributed by atoms with E-state index in [0.717, 1.165) is 22.5 Å². The van der Waals surface area contributed by atoms with Crippen LogP contribution < -0.4 is 10.1 Å². The van der Waals surface area contributed by atoms with Crippen molar-refractivity contribution in [2.75, 3.05) is 5.32 Å². The monoisotopic (exact) mass is 379 g/mol. The highest BCUT2D eigenvalue weighted by atomic mass is 32.1. The summed E-state index contributed by atoms with van der Waals surface area (Å²) in [6, 6.07) is 13.6. The van der Waals surface area contributed by atoms with E-state index in [4.69, 9.17) is 0 Å². The van der Waals surface area contributed by atoms with Crippen LogP contribution in [0.3, 0.4) is 0 Å². The first-order chi connectivity index (χ1) is 13.0. The lowest BCUT2D eigenvalue weighted by Gasteiger charge is -2.02. The van der Waals surface area contributed by atoms with Gasteiger partial charge in [-0.05, 0) is 23.8 Å². The summed E-state index contributed by atoms with van der Waals surface area (Å²) < 4.78 is 1.83. The third kappa shape index (κ3) is 3.04. The average molecular weight is 379 g/mol. The average Bonchev–Trinajstić information content (AvgIpc) is 3.19. The van der Waals surface area contributed by atoms with Crippen molar-refractivity contribution in [1.82, 2.24) is 4.57 Å². The largest absolute Gasteiger partial charge is 0.320 e. The Morgan fingerprint density at radius 2 is 1.85 bits per heavy atom. The molecule has 0 atom stereocenters. The van der Waals surface area contributed by atoms with Gasteiger partial charge in [-0.1, -0.05) is 18.2 Å². The topological polar surface area (TPSA) is 102 Å². The van der Waals surface area contributed by atoms with Crippen molar-refractivity contribution >= 4 is 34.3 Å². The predicted octanol–water partition coefficient (Wildman–Crippen LogP) is 2.92. The Morgan fingerprint density at radius 3 is 2.59 bits per heavy atom. The van der Waals surface area contributed by atoms with Gasteiger partial charge in [0.25, 0.3) is 11.6 Å². The minimum Gasteiger partial charge on any atom is -0.320 e. The molecule has 2 heterocycles. The molecular formula is C18H13N5O3S. The number of fused-ring (bicyclic) bond motifs is 1. The maximum atomic E-state index is 12.1. The maximum absolute atomic E-state index is 12.1. The summed E-state index contributed by atoms with van der Waals surface area (Å²) in [4.78, 5) is 23.0. The number of hydrogen-bond donors (Lipinski definition) is 1. The first-order valence-electron chi connectivity index (χ1n) is 7.96. The Labute approximate surface area is 157 Å². The van der Waals surface area contributed by atoms with E-state index in [1.807, 2.05) is 41.3 Å². The van der Waals surface area contributed by atoms with Gasteiger partial charge in [-0.15, -0.1) is 21.5 Å². The zero-order chi connectivity index (χ0) is 19.0. The van der Waals surface area contributed by atoms with E-state index in [1.165, 1.54) is 23.5 Å². The zero-order valence-electron chi connectivity index (χ0n) is 14.1. The smallest absolute Gasteiger partial charge is 0.276 e. The molecule has 0 spiro atoms. The molecule has 0 unspecified atom stereocenters. The minimum absolute atomic E-state index is 0.0406. The van der Waals surface area contributed by atoms with E-state index >= 15 is 0 Å². The summed E-state index contributed by atoms with van der Waals surface area (Å²) >= 11 is 1.37. The number of aromatic nitrogens is 1. The molecule has 0 saturated carbocycles. The van der Waals surface area contributed by atoms with Crippen LogP contribution in [0.4, 0.5) is 11.4 Å². The van der Waals surface area contributed by atoms with Gasteiger partial charge in [0.05, 0.1) is 16.3 Å². The van der Waals surface area contributed by atoms with Crippen molar-refractivity contribution in [3.8, 4) is 11.3 Å². The number of nitro groups is 1. The van der Waals surface area contributed by atoms with Gasteiger partial charge in [-0.3, -0.25) is 14.9 Å². The van der Waals surface area contributed by atoms with Gasteiger partial charge < -0.3 is 9.88 Å². The number of carbonyl (C=O) groups excluding carboxylic acids is 1. The number of thiazole rings is 1. The normalized spacial score (nSPS) is 15.1. The van der Waals surface area contributed by atoms with Gasteiger partial charge >= 0.3 is 0 Å². The lowest BCUT2D eigenvalue weighted by atomic mass is 10.1. The van der Waals surface area contributed by atoms with Crippen LogP contribution in [0.15, 0.2) is 64.1 Å². The van der Waals surface area contributed by atoms with Crippen LogP contribution in [0.1, 0.15) is 5.56 Å². The number of para-hydroxylation sites is 1. The SMILES string of the molecule is Cn1c(-c2ccc([N+](=O)[O-])cc2)cs/c1=N\N=C1\C(=O)Nc2ccccc21. The van der Waals surface area contributed by atoms with Gasteiger partial charge in [0, 0.05) is 30.1 Å². The van der Waals surface area contributed by atoms with Crippen molar-refractivity contribution in [3.63, 3.8) is 0 Å². The number of anilines is 1. The molecule has 134 valence electrons. The van der Waals surface area contributed by atoms with E-state index in [1.54, 1.807) is 12.1 Å². The van der Waals surface area contributed by atoms with Gasteiger partial charge in [-0.25, -0.2) is 0 Å². The Balaban J connectivity index is 1.70. The molecule has 2 aromatic carbocycles. The molecule has 1 aliphatic heterocycles. The lowest BCUT2D eigenvalue weighted by Crippen LogP contribution is -2.15. The molecule has 1 N–H and O–H groups in total. The van der Waals surface area contributed by atoms with Crippen LogP contribution in [0.2, 0.25) is 0 Å². The van der Waals surface area contributed by atoms with Gasteiger partial charge in [0.15, 0.2) is 5.71 Å². The van der Waals surface area contributed by atoms with E-state index in [-0.39, 0.29) is 17.3 Å². The number of non-ortho nitro benzene ring substituents is 1. The van der Waals surface area contributed by atoms with Crippen molar-refractivity contribution in [2.45, 2.75) is 0 Å². The van der Waals surface area contributed by atoms with Gasteiger partial charge in [0.1, 0.15) is 0 Å². The second-order valence-corrected chi connectivity index (χ2v) is 6.65. The van der Waals surface area contributed by atoms with Crippen LogP contribution in [0, 0.1) is 10.1 Å².